The molecule has 2 rings (SSSR count). The first-order valence-corrected chi connectivity index (χ1v) is 6.57. The highest BCUT2D eigenvalue weighted by molar-refractivity contribution is 6.20. The molecule has 1 aromatic rings. The molecule has 0 bridgehead atoms. The molecule has 1 atom stereocenters. The fourth-order valence-corrected chi connectivity index (χ4v) is 2.56. The molecule has 1 heterocycles. The number of nitrogens with zero attached hydrogens (tertiary/aromatic N) is 1. The average molecular weight is 252 g/mol. The molecule has 1 aliphatic heterocycles. The van der Waals surface area contributed by atoms with Gasteiger partial charge in [0.1, 0.15) is 0 Å². The Balaban J connectivity index is 1.99. The van der Waals surface area contributed by atoms with Crippen LogP contribution in [0, 0.1) is 6.92 Å². The Morgan fingerprint density at radius 1 is 1.47 bits per heavy atom. The molecule has 1 aliphatic rings. The first kappa shape index (κ1) is 12.4. The van der Waals surface area contributed by atoms with E-state index in [-0.39, 0.29) is 11.3 Å². The number of carbonyl (C=O) groups excluding carboxylic acids is 1. The van der Waals surface area contributed by atoms with Crippen molar-refractivity contribution in [1.29, 1.82) is 0 Å². The van der Waals surface area contributed by atoms with E-state index in [1.165, 1.54) is 5.56 Å². The molecule has 0 saturated carbocycles. The predicted octanol–water partition coefficient (Wildman–Crippen LogP) is 2.77. The molecule has 0 aliphatic carbocycles. The van der Waals surface area contributed by atoms with Crippen LogP contribution in [0.2, 0.25) is 0 Å². The van der Waals surface area contributed by atoms with Gasteiger partial charge in [-0.05, 0) is 30.9 Å². The summed E-state index contributed by atoms with van der Waals surface area (Å²) in [6, 6.07) is 8.05. The summed E-state index contributed by atoms with van der Waals surface area (Å²) < 4.78 is 0. The summed E-state index contributed by atoms with van der Waals surface area (Å²) in [6.45, 7) is 3.60. The van der Waals surface area contributed by atoms with Crippen LogP contribution >= 0.6 is 11.6 Å². The molecule has 0 N–H and O–H groups in total. The second-order valence-electron chi connectivity index (χ2n) is 4.68. The minimum absolute atomic E-state index is 0.129. The van der Waals surface area contributed by atoms with Gasteiger partial charge in [0.15, 0.2) is 0 Å². The number of likely N-dealkylation sites (tertiary alicyclic amines) is 1. The number of hydrogen-bond donors (Lipinski definition) is 0. The maximum Gasteiger partial charge on any atom is 0.227 e. The van der Waals surface area contributed by atoms with Gasteiger partial charge >= 0.3 is 0 Å². The summed E-state index contributed by atoms with van der Waals surface area (Å²) >= 11 is 6.10. The van der Waals surface area contributed by atoms with Crippen molar-refractivity contribution in [2.45, 2.75) is 31.6 Å². The van der Waals surface area contributed by atoms with Crippen LogP contribution in [0.5, 0.6) is 0 Å². The van der Waals surface area contributed by atoms with Crippen molar-refractivity contribution in [3.63, 3.8) is 0 Å². The zero-order valence-corrected chi connectivity index (χ0v) is 10.9. The van der Waals surface area contributed by atoms with Crippen molar-refractivity contribution in [2.24, 2.45) is 0 Å². The number of amides is 1. The summed E-state index contributed by atoms with van der Waals surface area (Å²) in [4.78, 5) is 14.0. The van der Waals surface area contributed by atoms with Gasteiger partial charge in [0.25, 0.3) is 0 Å². The van der Waals surface area contributed by atoms with Crippen LogP contribution in [0.3, 0.4) is 0 Å². The molecular weight excluding hydrogens is 234 g/mol. The second-order valence-corrected chi connectivity index (χ2v) is 5.30. The first-order valence-electron chi connectivity index (χ1n) is 6.13. The van der Waals surface area contributed by atoms with E-state index >= 15 is 0 Å². The van der Waals surface area contributed by atoms with Crippen LogP contribution in [-0.2, 0) is 11.2 Å². The largest absolute Gasteiger partial charge is 0.341 e. The van der Waals surface area contributed by atoms with Crippen molar-refractivity contribution in [3.05, 3.63) is 35.4 Å². The summed E-state index contributed by atoms with van der Waals surface area (Å²) in [7, 11) is 0. The Kier molecular flexibility index (Phi) is 4.06. The van der Waals surface area contributed by atoms with E-state index < -0.39 is 0 Å². The minimum atomic E-state index is 0.129. The van der Waals surface area contributed by atoms with E-state index in [2.05, 4.69) is 0 Å². The molecule has 1 saturated heterocycles. The lowest BCUT2D eigenvalue weighted by Gasteiger charge is -2.30. The Morgan fingerprint density at radius 2 is 2.24 bits per heavy atom. The molecule has 92 valence electrons. The van der Waals surface area contributed by atoms with E-state index in [0.29, 0.717) is 13.0 Å². The third kappa shape index (κ3) is 3.22. The van der Waals surface area contributed by atoms with Gasteiger partial charge in [-0.1, -0.05) is 24.3 Å². The number of alkyl halides is 1. The molecule has 1 amide bonds. The highest BCUT2D eigenvalue weighted by Gasteiger charge is 2.22. The van der Waals surface area contributed by atoms with Crippen molar-refractivity contribution in [3.8, 4) is 0 Å². The van der Waals surface area contributed by atoms with Gasteiger partial charge in [-0.25, -0.2) is 0 Å². The quantitative estimate of drug-likeness (QED) is 0.741. The second kappa shape index (κ2) is 5.54. The lowest BCUT2D eigenvalue weighted by atomic mass is 10.0. The number of piperidine rings is 1. The summed E-state index contributed by atoms with van der Waals surface area (Å²) in [6.07, 6.45) is 2.54. The normalized spacial score (nSPS) is 20.4. The lowest BCUT2D eigenvalue weighted by molar-refractivity contribution is -0.131. The summed E-state index contributed by atoms with van der Waals surface area (Å²) in [5.74, 6) is 0.199. The molecule has 0 spiro atoms. The van der Waals surface area contributed by atoms with Crippen LogP contribution in [0.4, 0.5) is 0 Å². The Bertz CT molecular complexity index is 405. The van der Waals surface area contributed by atoms with Gasteiger partial charge in [-0.2, -0.15) is 0 Å². The van der Waals surface area contributed by atoms with E-state index in [0.717, 1.165) is 24.9 Å². The predicted molar refractivity (Wildman–Crippen MR) is 70.3 cm³/mol. The van der Waals surface area contributed by atoms with Crippen molar-refractivity contribution < 1.29 is 4.79 Å². The van der Waals surface area contributed by atoms with Gasteiger partial charge < -0.3 is 4.90 Å². The molecule has 17 heavy (non-hydrogen) atoms. The smallest absolute Gasteiger partial charge is 0.227 e. The highest BCUT2D eigenvalue weighted by Crippen LogP contribution is 2.17. The van der Waals surface area contributed by atoms with Crippen LogP contribution in [0.1, 0.15) is 24.0 Å². The van der Waals surface area contributed by atoms with Crippen LogP contribution in [-0.4, -0.2) is 29.3 Å². The Morgan fingerprint density at radius 3 is 2.94 bits per heavy atom. The van der Waals surface area contributed by atoms with Gasteiger partial charge in [-0.3, -0.25) is 4.79 Å². The molecule has 1 aromatic carbocycles. The SMILES string of the molecule is Cc1ccccc1CC(=O)N1CCCC(Cl)C1. The summed E-state index contributed by atoms with van der Waals surface area (Å²) in [5, 5.41) is 0.129. The van der Waals surface area contributed by atoms with E-state index in [1.54, 1.807) is 0 Å². The third-order valence-corrected chi connectivity index (χ3v) is 3.68. The molecule has 1 unspecified atom stereocenters. The van der Waals surface area contributed by atoms with Crippen molar-refractivity contribution in [2.75, 3.05) is 13.1 Å². The number of carbonyl (C=O) groups is 1. The monoisotopic (exact) mass is 251 g/mol. The Hall–Kier alpha value is -1.02. The highest BCUT2D eigenvalue weighted by atomic mass is 35.5. The van der Waals surface area contributed by atoms with Crippen LogP contribution in [0.15, 0.2) is 24.3 Å². The Labute approximate surface area is 108 Å². The fourth-order valence-electron chi connectivity index (χ4n) is 2.24. The molecule has 1 fully saturated rings. The lowest BCUT2D eigenvalue weighted by Crippen LogP contribution is -2.41. The molecule has 3 heteroatoms. The molecule has 0 radical (unpaired) electrons. The molecule has 2 nitrogen and oxygen atoms in total. The van der Waals surface area contributed by atoms with Crippen LogP contribution in [0.25, 0.3) is 0 Å². The number of rotatable bonds is 2. The standard InChI is InChI=1S/C14H18ClNO/c1-11-5-2-3-6-12(11)9-14(17)16-8-4-7-13(15)10-16/h2-3,5-6,13H,4,7-10H2,1H3. The van der Waals surface area contributed by atoms with Crippen molar-refractivity contribution >= 4 is 17.5 Å². The van der Waals surface area contributed by atoms with Crippen LogP contribution < -0.4 is 0 Å². The number of hydrogen-bond acceptors (Lipinski definition) is 1. The maximum absolute atomic E-state index is 12.1. The fraction of sp³-hybridized carbons (Fsp3) is 0.500. The van der Waals surface area contributed by atoms with E-state index in [4.69, 9.17) is 11.6 Å². The van der Waals surface area contributed by atoms with Gasteiger partial charge in [0.05, 0.1) is 11.8 Å². The van der Waals surface area contributed by atoms with E-state index in [1.807, 2.05) is 36.1 Å². The first-order chi connectivity index (χ1) is 8.16. The molecular formula is C14H18ClNO. The summed E-state index contributed by atoms with van der Waals surface area (Å²) in [5.41, 5.74) is 2.30. The topological polar surface area (TPSA) is 20.3 Å². The third-order valence-electron chi connectivity index (χ3n) is 3.32. The van der Waals surface area contributed by atoms with Gasteiger partial charge in [-0.15, -0.1) is 11.6 Å². The number of aryl methyl sites for hydroxylation is 1. The molecule has 0 aromatic heterocycles. The van der Waals surface area contributed by atoms with Gasteiger partial charge in [0, 0.05) is 13.1 Å². The zero-order chi connectivity index (χ0) is 12.3. The minimum Gasteiger partial charge on any atom is -0.341 e. The van der Waals surface area contributed by atoms with Crippen molar-refractivity contribution in [1.82, 2.24) is 4.90 Å². The van der Waals surface area contributed by atoms with E-state index in [9.17, 15) is 4.79 Å². The van der Waals surface area contributed by atoms with Gasteiger partial charge in [0.2, 0.25) is 5.91 Å². The zero-order valence-electron chi connectivity index (χ0n) is 10.2. The maximum atomic E-state index is 12.1. The number of halogens is 1. The average Bonchev–Trinajstić information content (AvgIpc) is 2.32. The number of benzene rings is 1.